The first-order valence-electron chi connectivity index (χ1n) is 9.97. The molecule has 3 rings (SSSR count). The van der Waals surface area contributed by atoms with Gasteiger partial charge in [-0.1, -0.05) is 18.2 Å². The lowest BCUT2D eigenvalue weighted by Gasteiger charge is -2.23. The molecule has 0 unspecified atom stereocenters. The average molecular weight is 447 g/mol. The summed E-state index contributed by atoms with van der Waals surface area (Å²) >= 11 is 0. The van der Waals surface area contributed by atoms with Crippen molar-refractivity contribution in [3.05, 3.63) is 69.8 Å². The number of benzene rings is 2. The molecule has 0 aliphatic heterocycles. The zero-order chi connectivity index (χ0) is 23.8. The summed E-state index contributed by atoms with van der Waals surface area (Å²) in [5, 5.41) is 2.87. The quantitative estimate of drug-likeness (QED) is 0.592. The van der Waals surface area contributed by atoms with Gasteiger partial charge >= 0.3 is 12.3 Å². The molecular weight excluding hydrogens is 423 g/mol. The molecule has 0 spiro atoms. The van der Waals surface area contributed by atoms with Crippen LogP contribution in [-0.4, -0.2) is 21.2 Å². The van der Waals surface area contributed by atoms with Crippen LogP contribution in [0.4, 0.5) is 18.0 Å². The van der Waals surface area contributed by atoms with E-state index in [0.29, 0.717) is 5.52 Å². The first-order valence-corrected chi connectivity index (χ1v) is 9.97. The number of ether oxygens (including phenoxy) is 1. The van der Waals surface area contributed by atoms with Crippen LogP contribution in [0.5, 0.6) is 0 Å². The van der Waals surface area contributed by atoms with E-state index >= 15 is 0 Å². The molecule has 0 saturated carbocycles. The van der Waals surface area contributed by atoms with Crippen molar-refractivity contribution in [1.82, 2.24) is 14.9 Å². The van der Waals surface area contributed by atoms with Crippen LogP contribution in [-0.2, 0) is 10.9 Å². The molecule has 1 heterocycles. The second kappa shape index (κ2) is 8.29. The topological polar surface area (TPSA) is 73.2 Å². The minimum absolute atomic E-state index is 0.00595. The summed E-state index contributed by atoms with van der Waals surface area (Å²) in [6, 6.07) is 8.61. The van der Waals surface area contributed by atoms with Crippen molar-refractivity contribution in [2.24, 2.45) is 0 Å². The van der Waals surface area contributed by atoms with Gasteiger partial charge in [0.05, 0.1) is 28.2 Å². The Bertz CT molecular complexity index is 1230. The minimum atomic E-state index is -4.58. The number of hydrogen-bond acceptors (Lipinski definition) is 4. The number of aryl methyl sites for hydroxylation is 1. The SMILES string of the molecule is Cc1cccc2c(=O)n(-c3cccc(C(F)(F)F)c3)c([C@H](C)NC(=O)OC(C)(C)C)nc12. The maximum atomic E-state index is 13.4. The average Bonchev–Trinajstić information content (AvgIpc) is 2.66. The molecule has 32 heavy (non-hydrogen) atoms. The predicted octanol–water partition coefficient (Wildman–Crippen LogP) is 5.30. The number of alkyl halides is 3. The van der Waals surface area contributed by atoms with Gasteiger partial charge in [0, 0.05) is 0 Å². The second-order valence-electron chi connectivity index (χ2n) is 8.50. The number of aromatic nitrogens is 2. The monoisotopic (exact) mass is 447 g/mol. The molecule has 1 aromatic heterocycles. The lowest BCUT2D eigenvalue weighted by Crippen LogP contribution is -2.37. The summed E-state index contributed by atoms with van der Waals surface area (Å²) in [6.45, 7) is 8.47. The van der Waals surface area contributed by atoms with Crippen molar-refractivity contribution >= 4 is 17.0 Å². The Kier molecular flexibility index (Phi) is 6.04. The molecule has 0 saturated heterocycles. The molecule has 0 aliphatic carbocycles. The third-order valence-electron chi connectivity index (χ3n) is 4.68. The van der Waals surface area contributed by atoms with Crippen LogP contribution in [0.2, 0.25) is 0 Å². The van der Waals surface area contributed by atoms with Crippen molar-refractivity contribution in [1.29, 1.82) is 0 Å². The van der Waals surface area contributed by atoms with Gasteiger partial charge in [-0.15, -0.1) is 0 Å². The Morgan fingerprint density at radius 2 is 1.78 bits per heavy atom. The van der Waals surface area contributed by atoms with Gasteiger partial charge < -0.3 is 10.1 Å². The van der Waals surface area contributed by atoms with Crippen molar-refractivity contribution in [3.63, 3.8) is 0 Å². The van der Waals surface area contributed by atoms with Crippen molar-refractivity contribution < 1.29 is 22.7 Å². The van der Waals surface area contributed by atoms with E-state index in [1.54, 1.807) is 52.8 Å². The molecule has 0 fully saturated rings. The lowest BCUT2D eigenvalue weighted by atomic mass is 10.1. The maximum absolute atomic E-state index is 13.4. The number of rotatable bonds is 3. The number of halogens is 3. The molecule has 0 radical (unpaired) electrons. The van der Waals surface area contributed by atoms with Crippen LogP contribution in [0, 0.1) is 6.92 Å². The molecule has 1 atom stereocenters. The normalized spacial score (nSPS) is 13.1. The Morgan fingerprint density at radius 1 is 1.12 bits per heavy atom. The first kappa shape index (κ1) is 23.3. The van der Waals surface area contributed by atoms with Crippen LogP contribution >= 0.6 is 0 Å². The van der Waals surface area contributed by atoms with Crippen molar-refractivity contribution in [2.45, 2.75) is 52.4 Å². The molecule has 3 aromatic rings. The van der Waals surface area contributed by atoms with E-state index in [-0.39, 0.29) is 16.9 Å². The van der Waals surface area contributed by atoms with E-state index in [0.717, 1.165) is 22.3 Å². The highest BCUT2D eigenvalue weighted by Gasteiger charge is 2.31. The summed E-state index contributed by atoms with van der Waals surface area (Å²) in [7, 11) is 0. The standard InChI is InChI=1S/C23H24F3N3O3/c1-13-8-6-11-17-18(13)28-19(14(2)27-21(31)32-22(3,4)5)29(20(17)30)16-10-7-9-15(12-16)23(24,25)26/h6-12,14H,1-5H3,(H,27,31)/t14-/m0/s1. The summed E-state index contributed by atoms with van der Waals surface area (Å²) in [5.74, 6) is 0.0852. The number of alkyl carbamates (subject to hydrolysis) is 1. The van der Waals surface area contributed by atoms with E-state index in [1.165, 1.54) is 12.1 Å². The van der Waals surface area contributed by atoms with Crippen molar-refractivity contribution in [3.8, 4) is 5.69 Å². The maximum Gasteiger partial charge on any atom is 0.416 e. The Hall–Kier alpha value is -3.36. The fourth-order valence-corrected chi connectivity index (χ4v) is 3.28. The fourth-order valence-electron chi connectivity index (χ4n) is 3.28. The van der Waals surface area contributed by atoms with E-state index in [4.69, 9.17) is 4.74 Å². The van der Waals surface area contributed by atoms with Gasteiger partial charge in [-0.25, -0.2) is 9.78 Å². The highest BCUT2D eigenvalue weighted by atomic mass is 19.4. The van der Waals surface area contributed by atoms with E-state index < -0.39 is 35.0 Å². The number of carbonyl (C=O) groups is 1. The van der Waals surface area contributed by atoms with Crippen LogP contribution in [0.1, 0.15) is 50.7 Å². The van der Waals surface area contributed by atoms with E-state index in [1.807, 2.05) is 0 Å². The highest BCUT2D eigenvalue weighted by Crippen LogP contribution is 2.31. The molecule has 1 N–H and O–H groups in total. The molecule has 2 aromatic carbocycles. The molecule has 1 amide bonds. The number of amides is 1. The molecule has 0 bridgehead atoms. The number of nitrogens with one attached hydrogen (secondary N) is 1. The summed E-state index contributed by atoms with van der Waals surface area (Å²) in [4.78, 5) is 30.2. The summed E-state index contributed by atoms with van der Waals surface area (Å²) < 4.78 is 46.3. The lowest BCUT2D eigenvalue weighted by molar-refractivity contribution is -0.137. The molecule has 9 heteroatoms. The van der Waals surface area contributed by atoms with Crippen molar-refractivity contribution in [2.75, 3.05) is 0 Å². The third kappa shape index (κ3) is 4.92. The Labute approximate surface area is 183 Å². The predicted molar refractivity (Wildman–Crippen MR) is 115 cm³/mol. The Morgan fingerprint density at radius 3 is 2.41 bits per heavy atom. The number of carbonyl (C=O) groups excluding carboxylic acids is 1. The zero-order valence-electron chi connectivity index (χ0n) is 18.4. The largest absolute Gasteiger partial charge is 0.444 e. The van der Waals surface area contributed by atoms with Crippen LogP contribution in [0.3, 0.4) is 0 Å². The number of nitrogens with zero attached hydrogens (tertiary/aromatic N) is 2. The van der Waals surface area contributed by atoms with Crippen LogP contribution in [0.15, 0.2) is 47.3 Å². The first-order chi connectivity index (χ1) is 14.8. The van der Waals surface area contributed by atoms with E-state index in [9.17, 15) is 22.8 Å². The number of hydrogen-bond donors (Lipinski definition) is 1. The molecule has 170 valence electrons. The molecule has 0 aliphatic rings. The Balaban J connectivity index is 2.22. The summed E-state index contributed by atoms with van der Waals surface area (Å²) in [6.07, 6.45) is -5.32. The number of para-hydroxylation sites is 1. The van der Waals surface area contributed by atoms with Gasteiger partial charge in [0.1, 0.15) is 11.4 Å². The third-order valence-corrected chi connectivity index (χ3v) is 4.68. The zero-order valence-corrected chi connectivity index (χ0v) is 18.4. The van der Waals surface area contributed by atoms with Gasteiger partial charge in [0.2, 0.25) is 0 Å². The molecule has 6 nitrogen and oxygen atoms in total. The second-order valence-corrected chi connectivity index (χ2v) is 8.50. The number of fused-ring (bicyclic) bond motifs is 1. The molecular formula is C23H24F3N3O3. The highest BCUT2D eigenvalue weighted by molar-refractivity contribution is 5.81. The van der Waals surface area contributed by atoms with Crippen LogP contribution < -0.4 is 10.9 Å². The van der Waals surface area contributed by atoms with Gasteiger partial charge in [-0.3, -0.25) is 9.36 Å². The van der Waals surface area contributed by atoms with Gasteiger partial charge in [-0.05, 0) is 64.4 Å². The fraction of sp³-hybridized carbons (Fsp3) is 0.348. The van der Waals surface area contributed by atoms with E-state index in [2.05, 4.69) is 10.3 Å². The minimum Gasteiger partial charge on any atom is -0.444 e. The van der Waals surface area contributed by atoms with Crippen LogP contribution in [0.25, 0.3) is 16.6 Å². The smallest absolute Gasteiger partial charge is 0.416 e. The van der Waals surface area contributed by atoms with Gasteiger partial charge in [-0.2, -0.15) is 13.2 Å². The summed E-state index contributed by atoms with van der Waals surface area (Å²) in [5.41, 5.74) is -1.06. The van der Waals surface area contributed by atoms with Gasteiger partial charge in [0.15, 0.2) is 0 Å². The van der Waals surface area contributed by atoms with Gasteiger partial charge in [0.25, 0.3) is 5.56 Å².